The third kappa shape index (κ3) is 4.79. The van der Waals surface area contributed by atoms with E-state index in [-0.39, 0.29) is 5.69 Å². The molecule has 1 aromatic heterocycles. The molecule has 8 heteroatoms. The number of carbonyl (C=O) groups is 1. The van der Waals surface area contributed by atoms with Crippen LogP contribution in [0.5, 0.6) is 5.75 Å². The summed E-state index contributed by atoms with van der Waals surface area (Å²) in [4.78, 5) is 12.1. The van der Waals surface area contributed by atoms with Crippen LogP contribution in [0.3, 0.4) is 0 Å². The summed E-state index contributed by atoms with van der Waals surface area (Å²) in [5.74, 6) is -1.20. The maximum atomic E-state index is 13.6. The smallest absolute Gasteiger partial charge is 0.276 e. The minimum absolute atomic E-state index is 0.0546. The number of methoxy groups -OCH3 is 1. The number of amides is 1. The summed E-state index contributed by atoms with van der Waals surface area (Å²) in [6.45, 7) is 0.605. The Morgan fingerprint density at radius 3 is 2.46 bits per heavy atom. The Bertz CT molecular complexity index is 944. The van der Waals surface area contributed by atoms with E-state index in [1.165, 1.54) is 12.1 Å². The average Bonchev–Trinajstić information content (AvgIpc) is 2.71. The number of rotatable bonds is 7. The minimum Gasteiger partial charge on any atom is -0.497 e. The highest BCUT2D eigenvalue weighted by Crippen LogP contribution is 2.18. The number of carbonyl (C=O) groups excluding carboxylic acids is 1. The summed E-state index contributed by atoms with van der Waals surface area (Å²) < 4.78 is 32.4. The number of ether oxygens (including phenoxy) is 1. The lowest BCUT2D eigenvalue weighted by Crippen LogP contribution is -2.17. The van der Waals surface area contributed by atoms with Crippen LogP contribution >= 0.6 is 0 Å². The third-order valence-electron chi connectivity index (χ3n) is 3.95. The summed E-state index contributed by atoms with van der Waals surface area (Å²) in [6.07, 6.45) is 0.744. The summed E-state index contributed by atoms with van der Waals surface area (Å²) in [6, 6.07) is 14.1. The highest BCUT2D eigenvalue weighted by atomic mass is 19.1. The SMILES string of the molecule is COc1cccc(CCNc2ccc(C(=O)Nc3c(F)cccc3F)nn2)c1. The van der Waals surface area contributed by atoms with Crippen LogP contribution < -0.4 is 15.4 Å². The molecule has 6 nitrogen and oxygen atoms in total. The summed E-state index contributed by atoms with van der Waals surface area (Å²) in [5, 5.41) is 13.0. The lowest BCUT2D eigenvalue weighted by molar-refractivity contribution is 0.102. The van der Waals surface area contributed by atoms with Crippen LogP contribution in [0.25, 0.3) is 0 Å². The van der Waals surface area contributed by atoms with Gasteiger partial charge in [0.1, 0.15) is 28.9 Å². The number of halogens is 2. The average molecular weight is 384 g/mol. The van der Waals surface area contributed by atoms with Gasteiger partial charge in [-0.05, 0) is 48.4 Å². The van der Waals surface area contributed by atoms with Gasteiger partial charge in [0.2, 0.25) is 0 Å². The Morgan fingerprint density at radius 1 is 1.04 bits per heavy atom. The predicted octanol–water partition coefficient (Wildman–Crippen LogP) is 3.67. The van der Waals surface area contributed by atoms with Gasteiger partial charge in [-0.25, -0.2) is 8.78 Å². The Balaban J connectivity index is 1.56. The molecule has 0 aliphatic heterocycles. The van der Waals surface area contributed by atoms with Crippen LogP contribution in [0.4, 0.5) is 20.3 Å². The first-order chi connectivity index (χ1) is 13.6. The van der Waals surface area contributed by atoms with E-state index in [2.05, 4.69) is 20.8 Å². The molecule has 0 saturated heterocycles. The van der Waals surface area contributed by atoms with Gasteiger partial charge in [-0.3, -0.25) is 4.79 Å². The second kappa shape index (κ2) is 8.90. The maximum Gasteiger partial charge on any atom is 0.276 e. The van der Waals surface area contributed by atoms with Crippen LogP contribution in [-0.2, 0) is 6.42 Å². The van der Waals surface area contributed by atoms with Crippen molar-refractivity contribution >= 4 is 17.4 Å². The fraction of sp³-hybridized carbons (Fsp3) is 0.150. The van der Waals surface area contributed by atoms with Gasteiger partial charge in [-0.2, -0.15) is 0 Å². The first-order valence-electron chi connectivity index (χ1n) is 8.52. The van der Waals surface area contributed by atoms with Crippen LogP contribution in [0, 0.1) is 11.6 Å². The lowest BCUT2D eigenvalue weighted by atomic mass is 10.1. The molecule has 2 N–H and O–H groups in total. The van der Waals surface area contributed by atoms with Gasteiger partial charge in [0.15, 0.2) is 5.69 Å². The van der Waals surface area contributed by atoms with E-state index in [4.69, 9.17) is 4.74 Å². The van der Waals surface area contributed by atoms with Crippen LogP contribution in [0.2, 0.25) is 0 Å². The molecule has 0 unspecified atom stereocenters. The van der Waals surface area contributed by atoms with E-state index in [1.54, 1.807) is 13.2 Å². The zero-order valence-corrected chi connectivity index (χ0v) is 15.1. The van der Waals surface area contributed by atoms with Gasteiger partial charge in [0.25, 0.3) is 5.91 Å². The van der Waals surface area contributed by atoms with Crippen molar-refractivity contribution in [1.82, 2.24) is 10.2 Å². The van der Waals surface area contributed by atoms with Crippen LogP contribution in [0.15, 0.2) is 54.6 Å². The first-order valence-corrected chi connectivity index (χ1v) is 8.52. The van der Waals surface area contributed by atoms with Crippen molar-refractivity contribution in [3.8, 4) is 5.75 Å². The van der Waals surface area contributed by atoms with E-state index < -0.39 is 23.2 Å². The second-order valence-corrected chi connectivity index (χ2v) is 5.88. The molecular weight excluding hydrogens is 366 g/mol. The van der Waals surface area contributed by atoms with Crippen molar-refractivity contribution < 1.29 is 18.3 Å². The van der Waals surface area contributed by atoms with Gasteiger partial charge in [0.05, 0.1) is 7.11 Å². The molecule has 28 heavy (non-hydrogen) atoms. The van der Waals surface area contributed by atoms with Gasteiger partial charge in [0, 0.05) is 6.54 Å². The molecule has 3 aromatic rings. The zero-order chi connectivity index (χ0) is 19.9. The van der Waals surface area contributed by atoms with Crippen molar-refractivity contribution in [2.24, 2.45) is 0 Å². The number of anilines is 2. The maximum absolute atomic E-state index is 13.6. The number of aromatic nitrogens is 2. The van der Waals surface area contributed by atoms with E-state index in [9.17, 15) is 13.6 Å². The molecule has 0 radical (unpaired) electrons. The normalized spacial score (nSPS) is 10.4. The number of nitrogens with one attached hydrogen (secondary N) is 2. The number of hydrogen-bond donors (Lipinski definition) is 2. The number of hydrogen-bond acceptors (Lipinski definition) is 5. The largest absolute Gasteiger partial charge is 0.497 e. The lowest BCUT2D eigenvalue weighted by Gasteiger charge is -2.08. The van der Waals surface area contributed by atoms with E-state index in [1.807, 2.05) is 24.3 Å². The Kier molecular flexibility index (Phi) is 6.11. The molecular formula is C20H18F2N4O2. The first kappa shape index (κ1) is 19.2. The molecule has 0 spiro atoms. The molecule has 2 aromatic carbocycles. The minimum atomic E-state index is -0.864. The fourth-order valence-electron chi connectivity index (χ4n) is 2.51. The number of para-hydroxylation sites is 1. The number of nitrogens with zero attached hydrogens (tertiary/aromatic N) is 2. The standard InChI is InChI=1S/C20H18F2N4O2/c1-28-14-5-2-4-13(12-14)10-11-23-18-9-8-17(25-26-18)20(27)24-19-15(21)6-3-7-16(19)22/h2-9,12H,10-11H2,1H3,(H,23,26)(H,24,27). The van der Waals surface area contributed by atoms with Crippen LogP contribution in [-0.4, -0.2) is 29.8 Å². The van der Waals surface area contributed by atoms with Gasteiger partial charge in [-0.1, -0.05) is 18.2 Å². The molecule has 0 aliphatic carbocycles. The van der Waals surface area contributed by atoms with E-state index in [0.29, 0.717) is 12.4 Å². The molecule has 1 heterocycles. The van der Waals surface area contributed by atoms with Crippen molar-refractivity contribution in [2.45, 2.75) is 6.42 Å². The van der Waals surface area contributed by atoms with E-state index >= 15 is 0 Å². The zero-order valence-electron chi connectivity index (χ0n) is 15.1. The Labute approximate surface area is 160 Å². The molecule has 0 aliphatic rings. The summed E-state index contributed by atoms with van der Waals surface area (Å²) >= 11 is 0. The van der Waals surface area contributed by atoms with Crippen molar-refractivity contribution in [1.29, 1.82) is 0 Å². The van der Waals surface area contributed by atoms with Crippen LogP contribution in [0.1, 0.15) is 16.1 Å². The third-order valence-corrected chi connectivity index (χ3v) is 3.95. The molecule has 144 valence electrons. The quantitative estimate of drug-likeness (QED) is 0.650. The van der Waals surface area contributed by atoms with Crippen molar-refractivity contribution in [3.63, 3.8) is 0 Å². The van der Waals surface area contributed by atoms with Gasteiger partial charge >= 0.3 is 0 Å². The van der Waals surface area contributed by atoms with E-state index in [0.717, 1.165) is 29.9 Å². The van der Waals surface area contributed by atoms with Crippen molar-refractivity contribution in [2.75, 3.05) is 24.3 Å². The van der Waals surface area contributed by atoms with Gasteiger partial charge < -0.3 is 15.4 Å². The van der Waals surface area contributed by atoms with Gasteiger partial charge in [-0.15, -0.1) is 10.2 Å². The monoisotopic (exact) mass is 384 g/mol. The fourth-order valence-corrected chi connectivity index (χ4v) is 2.51. The molecule has 0 fully saturated rings. The molecule has 0 atom stereocenters. The highest BCUT2D eigenvalue weighted by molar-refractivity contribution is 6.02. The Hall–Kier alpha value is -3.55. The molecule has 0 bridgehead atoms. The Morgan fingerprint density at radius 2 is 1.79 bits per heavy atom. The van der Waals surface area contributed by atoms with Crippen molar-refractivity contribution in [3.05, 3.63) is 77.5 Å². The molecule has 3 rings (SSSR count). The molecule has 1 amide bonds. The topological polar surface area (TPSA) is 76.1 Å². The number of benzene rings is 2. The predicted molar refractivity (Wildman–Crippen MR) is 102 cm³/mol. The second-order valence-electron chi connectivity index (χ2n) is 5.88. The summed E-state index contributed by atoms with van der Waals surface area (Å²) in [7, 11) is 1.62. The highest BCUT2D eigenvalue weighted by Gasteiger charge is 2.14. The molecule has 0 saturated carbocycles. The summed E-state index contributed by atoms with van der Waals surface area (Å²) in [5.41, 5.74) is 0.526.